The van der Waals surface area contributed by atoms with Gasteiger partial charge in [0.2, 0.25) is 5.95 Å². The molecule has 0 saturated heterocycles. The summed E-state index contributed by atoms with van der Waals surface area (Å²) < 4.78 is 28.6. The Bertz CT molecular complexity index is 851. The van der Waals surface area contributed by atoms with E-state index in [0.29, 0.717) is 18.0 Å². The molecule has 0 spiro atoms. The summed E-state index contributed by atoms with van der Waals surface area (Å²) in [6.07, 6.45) is -1.17. The zero-order valence-corrected chi connectivity index (χ0v) is 12.8. The van der Waals surface area contributed by atoms with E-state index in [9.17, 15) is 13.9 Å². The Hall–Kier alpha value is -2.51. The topological polar surface area (TPSA) is 70.3 Å². The SMILES string of the molecule is OCCNc1nc2ccccc2n1C[C@H](O)c1ccc(F)cc1F. The van der Waals surface area contributed by atoms with Crippen molar-refractivity contribution in [1.82, 2.24) is 9.55 Å². The van der Waals surface area contributed by atoms with E-state index < -0.39 is 17.7 Å². The molecule has 0 fully saturated rings. The fourth-order valence-electron chi connectivity index (χ4n) is 2.61. The van der Waals surface area contributed by atoms with Crippen LogP contribution >= 0.6 is 0 Å². The summed E-state index contributed by atoms with van der Waals surface area (Å²) in [5.41, 5.74) is 1.49. The molecule has 24 heavy (non-hydrogen) atoms. The van der Waals surface area contributed by atoms with Crippen LogP contribution in [0.15, 0.2) is 42.5 Å². The molecule has 0 radical (unpaired) electrons. The highest BCUT2D eigenvalue weighted by molar-refractivity contribution is 5.78. The molecule has 1 heterocycles. The third kappa shape index (κ3) is 3.22. The number of rotatable bonds is 6. The van der Waals surface area contributed by atoms with Crippen LogP contribution in [0.5, 0.6) is 0 Å². The summed E-state index contributed by atoms with van der Waals surface area (Å²) in [4.78, 5) is 4.41. The summed E-state index contributed by atoms with van der Waals surface area (Å²) in [6, 6.07) is 10.4. The van der Waals surface area contributed by atoms with Gasteiger partial charge in [-0.25, -0.2) is 13.8 Å². The fraction of sp³-hybridized carbons (Fsp3) is 0.235. The Kier molecular flexibility index (Phi) is 4.73. The van der Waals surface area contributed by atoms with Gasteiger partial charge < -0.3 is 20.1 Å². The number of benzene rings is 2. The van der Waals surface area contributed by atoms with Crippen LogP contribution in [0, 0.1) is 11.6 Å². The van der Waals surface area contributed by atoms with E-state index in [-0.39, 0.29) is 18.7 Å². The predicted molar refractivity (Wildman–Crippen MR) is 86.6 cm³/mol. The van der Waals surface area contributed by atoms with Gasteiger partial charge in [-0.15, -0.1) is 0 Å². The molecule has 0 aliphatic carbocycles. The van der Waals surface area contributed by atoms with Gasteiger partial charge >= 0.3 is 0 Å². The van der Waals surface area contributed by atoms with Gasteiger partial charge in [0, 0.05) is 18.2 Å². The Morgan fingerprint density at radius 3 is 2.71 bits per heavy atom. The first-order valence-corrected chi connectivity index (χ1v) is 7.53. The lowest BCUT2D eigenvalue weighted by molar-refractivity contribution is 0.154. The first-order valence-electron chi connectivity index (χ1n) is 7.53. The minimum atomic E-state index is -1.17. The highest BCUT2D eigenvalue weighted by atomic mass is 19.1. The lowest BCUT2D eigenvalue weighted by Crippen LogP contribution is -2.15. The normalized spacial score (nSPS) is 12.5. The molecular formula is C17H17F2N3O2. The zero-order chi connectivity index (χ0) is 17.1. The Morgan fingerprint density at radius 2 is 1.96 bits per heavy atom. The number of anilines is 1. The van der Waals surface area contributed by atoms with Crippen molar-refractivity contribution in [2.75, 3.05) is 18.5 Å². The van der Waals surface area contributed by atoms with Crippen molar-refractivity contribution >= 4 is 17.0 Å². The van der Waals surface area contributed by atoms with Crippen LogP contribution in [0.2, 0.25) is 0 Å². The van der Waals surface area contributed by atoms with Crippen LogP contribution in [-0.2, 0) is 6.54 Å². The molecular weight excluding hydrogens is 316 g/mol. The Labute approximate surface area is 137 Å². The van der Waals surface area contributed by atoms with Crippen LogP contribution in [0.25, 0.3) is 11.0 Å². The molecule has 2 aromatic carbocycles. The van der Waals surface area contributed by atoms with Crippen LogP contribution in [-0.4, -0.2) is 32.9 Å². The maximum Gasteiger partial charge on any atom is 0.204 e. The summed E-state index contributed by atoms with van der Waals surface area (Å²) >= 11 is 0. The molecule has 7 heteroatoms. The number of halogens is 2. The molecule has 0 aliphatic rings. The molecule has 0 aliphatic heterocycles. The summed E-state index contributed by atoms with van der Waals surface area (Å²) in [6.45, 7) is 0.263. The molecule has 5 nitrogen and oxygen atoms in total. The van der Waals surface area contributed by atoms with Crippen molar-refractivity contribution < 1.29 is 19.0 Å². The second kappa shape index (κ2) is 6.94. The molecule has 3 rings (SSSR count). The van der Waals surface area contributed by atoms with Crippen LogP contribution < -0.4 is 5.32 Å². The molecule has 3 aromatic rings. The van der Waals surface area contributed by atoms with Gasteiger partial charge in [-0.05, 0) is 18.2 Å². The number of aliphatic hydroxyl groups excluding tert-OH is 2. The van der Waals surface area contributed by atoms with Crippen molar-refractivity contribution in [2.45, 2.75) is 12.6 Å². The smallest absolute Gasteiger partial charge is 0.204 e. The third-order valence-electron chi connectivity index (χ3n) is 3.73. The largest absolute Gasteiger partial charge is 0.395 e. The quantitative estimate of drug-likeness (QED) is 0.648. The lowest BCUT2D eigenvalue weighted by Gasteiger charge is -2.16. The van der Waals surface area contributed by atoms with Gasteiger partial charge in [0.1, 0.15) is 11.6 Å². The highest BCUT2D eigenvalue weighted by Crippen LogP contribution is 2.25. The number of imidazole rings is 1. The van der Waals surface area contributed by atoms with E-state index in [4.69, 9.17) is 5.11 Å². The van der Waals surface area contributed by atoms with E-state index in [2.05, 4.69) is 10.3 Å². The maximum atomic E-state index is 13.9. The molecule has 3 N–H and O–H groups in total. The van der Waals surface area contributed by atoms with Crippen molar-refractivity contribution in [3.8, 4) is 0 Å². The van der Waals surface area contributed by atoms with Crippen molar-refractivity contribution in [3.63, 3.8) is 0 Å². The molecule has 0 amide bonds. The number of nitrogens with one attached hydrogen (secondary N) is 1. The third-order valence-corrected chi connectivity index (χ3v) is 3.73. The zero-order valence-electron chi connectivity index (χ0n) is 12.8. The molecule has 0 saturated carbocycles. The number of aliphatic hydroxyl groups is 2. The fourth-order valence-corrected chi connectivity index (χ4v) is 2.61. The summed E-state index contributed by atoms with van der Waals surface area (Å²) in [5.74, 6) is -1.02. The van der Waals surface area contributed by atoms with Crippen molar-refractivity contribution in [3.05, 3.63) is 59.7 Å². The van der Waals surface area contributed by atoms with E-state index >= 15 is 0 Å². The van der Waals surface area contributed by atoms with E-state index in [1.165, 1.54) is 6.07 Å². The maximum absolute atomic E-state index is 13.9. The monoisotopic (exact) mass is 333 g/mol. The van der Waals surface area contributed by atoms with Gasteiger partial charge in [0.15, 0.2) is 0 Å². The summed E-state index contributed by atoms with van der Waals surface area (Å²) in [5, 5.41) is 22.3. The molecule has 0 unspecified atom stereocenters. The van der Waals surface area contributed by atoms with Crippen molar-refractivity contribution in [1.29, 1.82) is 0 Å². The van der Waals surface area contributed by atoms with Gasteiger partial charge in [-0.3, -0.25) is 0 Å². The number of aromatic nitrogens is 2. The number of hydrogen-bond donors (Lipinski definition) is 3. The molecule has 1 aromatic heterocycles. The second-order valence-corrected chi connectivity index (χ2v) is 5.37. The van der Waals surface area contributed by atoms with Crippen LogP contribution in [0.4, 0.5) is 14.7 Å². The van der Waals surface area contributed by atoms with E-state index in [1.807, 2.05) is 24.3 Å². The molecule has 126 valence electrons. The first kappa shape index (κ1) is 16.4. The number of para-hydroxylation sites is 2. The van der Waals surface area contributed by atoms with E-state index in [0.717, 1.165) is 17.6 Å². The minimum Gasteiger partial charge on any atom is -0.395 e. The van der Waals surface area contributed by atoms with Gasteiger partial charge in [-0.2, -0.15) is 0 Å². The van der Waals surface area contributed by atoms with E-state index in [1.54, 1.807) is 4.57 Å². The standard InChI is InChI=1S/C17H17F2N3O2/c18-11-5-6-12(13(19)9-11)16(24)10-22-15-4-2-1-3-14(15)21-17(22)20-7-8-23/h1-6,9,16,23-24H,7-8,10H2,(H,20,21)/t16-/m0/s1. The molecule has 1 atom stereocenters. The molecule has 0 bridgehead atoms. The first-order chi connectivity index (χ1) is 11.6. The highest BCUT2D eigenvalue weighted by Gasteiger charge is 2.18. The Morgan fingerprint density at radius 1 is 1.17 bits per heavy atom. The van der Waals surface area contributed by atoms with Gasteiger partial charge in [0.25, 0.3) is 0 Å². The number of hydrogen-bond acceptors (Lipinski definition) is 4. The van der Waals surface area contributed by atoms with Crippen LogP contribution in [0.3, 0.4) is 0 Å². The van der Waals surface area contributed by atoms with Crippen molar-refractivity contribution in [2.24, 2.45) is 0 Å². The minimum absolute atomic E-state index is 0.0160. The number of nitrogens with zero attached hydrogens (tertiary/aromatic N) is 2. The van der Waals surface area contributed by atoms with Crippen LogP contribution in [0.1, 0.15) is 11.7 Å². The Balaban J connectivity index is 1.95. The lowest BCUT2D eigenvalue weighted by atomic mass is 10.1. The number of fused-ring (bicyclic) bond motifs is 1. The average Bonchev–Trinajstić information content (AvgIpc) is 2.90. The summed E-state index contributed by atoms with van der Waals surface area (Å²) in [7, 11) is 0. The van der Waals surface area contributed by atoms with Gasteiger partial charge in [0.05, 0.1) is 30.3 Å². The average molecular weight is 333 g/mol. The second-order valence-electron chi connectivity index (χ2n) is 5.37. The predicted octanol–water partition coefficient (Wildman–Crippen LogP) is 2.45. The van der Waals surface area contributed by atoms with Gasteiger partial charge in [-0.1, -0.05) is 18.2 Å².